The van der Waals surface area contributed by atoms with Crippen molar-refractivity contribution in [3.05, 3.63) is 0 Å². The zero-order valence-electron chi connectivity index (χ0n) is 4.42. The van der Waals surface area contributed by atoms with Crippen LogP contribution >= 0.6 is 0 Å². The molecule has 0 aliphatic rings. The molecule has 0 rings (SSSR count). The molecule has 0 aromatic carbocycles. The SMILES string of the molecule is NCCCNS(=O)[O-]. The van der Waals surface area contributed by atoms with Crippen LogP contribution in [0.5, 0.6) is 0 Å². The van der Waals surface area contributed by atoms with E-state index in [1.165, 1.54) is 0 Å². The summed E-state index contributed by atoms with van der Waals surface area (Å²) in [5, 5.41) is 0. The van der Waals surface area contributed by atoms with Gasteiger partial charge >= 0.3 is 0 Å². The molecule has 0 spiro atoms. The summed E-state index contributed by atoms with van der Waals surface area (Å²) in [6, 6.07) is 0. The third kappa shape index (κ3) is 6.03. The highest BCUT2D eigenvalue weighted by Crippen LogP contribution is 1.69. The molecule has 0 bridgehead atoms. The van der Waals surface area contributed by atoms with Crippen molar-refractivity contribution in [3.8, 4) is 0 Å². The fourth-order valence-corrected chi connectivity index (χ4v) is 0.569. The third-order valence-corrected chi connectivity index (χ3v) is 1.04. The zero-order chi connectivity index (χ0) is 6.41. The molecule has 0 aliphatic heterocycles. The summed E-state index contributed by atoms with van der Waals surface area (Å²) < 4.78 is 21.6. The summed E-state index contributed by atoms with van der Waals surface area (Å²) in [4.78, 5) is 0. The van der Waals surface area contributed by atoms with E-state index in [2.05, 4.69) is 4.72 Å². The molecule has 50 valence electrons. The second-order valence-electron chi connectivity index (χ2n) is 1.27. The Hall–Kier alpha value is 0.0300. The minimum absolute atomic E-state index is 0.437. The first-order chi connectivity index (χ1) is 3.77. The van der Waals surface area contributed by atoms with Crippen LogP contribution in [0.2, 0.25) is 0 Å². The van der Waals surface area contributed by atoms with Crippen molar-refractivity contribution in [1.82, 2.24) is 4.72 Å². The van der Waals surface area contributed by atoms with E-state index >= 15 is 0 Å². The zero-order valence-corrected chi connectivity index (χ0v) is 5.24. The van der Waals surface area contributed by atoms with Gasteiger partial charge in [0.2, 0.25) is 0 Å². The van der Waals surface area contributed by atoms with E-state index in [1.807, 2.05) is 0 Å². The lowest BCUT2D eigenvalue weighted by Gasteiger charge is -2.04. The molecule has 3 N–H and O–H groups in total. The lowest BCUT2D eigenvalue weighted by molar-refractivity contribution is 0.522. The van der Waals surface area contributed by atoms with Gasteiger partial charge in [-0.3, -0.25) is 4.21 Å². The topological polar surface area (TPSA) is 78.2 Å². The Labute approximate surface area is 50.9 Å². The second kappa shape index (κ2) is 5.17. The quantitative estimate of drug-likeness (QED) is 0.374. The maximum Gasteiger partial charge on any atom is 0.0181 e. The van der Waals surface area contributed by atoms with Crippen molar-refractivity contribution in [2.24, 2.45) is 5.73 Å². The summed E-state index contributed by atoms with van der Waals surface area (Å²) in [7, 11) is 0. The van der Waals surface area contributed by atoms with E-state index < -0.39 is 11.3 Å². The van der Waals surface area contributed by atoms with E-state index in [-0.39, 0.29) is 0 Å². The van der Waals surface area contributed by atoms with Gasteiger partial charge in [-0.15, -0.1) is 0 Å². The van der Waals surface area contributed by atoms with Crippen LogP contribution in [-0.4, -0.2) is 21.9 Å². The molecule has 0 aromatic rings. The molecule has 0 amide bonds. The van der Waals surface area contributed by atoms with Gasteiger partial charge in [0.1, 0.15) is 0 Å². The summed E-state index contributed by atoms with van der Waals surface area (Å²) in [5.74, 6) is 0. The molecule has 0 radical (unpaired) electrons. The maximum atomic E-state index is 9.72. The Kier molecular flexibility index (Phi) is 5.19. The molecule has 5 heteroatoms. The van der Waals surface area contributed by atoms with Crippen molar-refractivity contribution in [2.45, 2.75) is 6.42 Å². The average Bonchev–Trinajstić information content (AvgIpc) is 1.66. The van der Waals surface area contributed by atoms with Crippen LogP contribution in [0, 0.1) is 0 Å². The first-order valence-corrected chi connectivity index (χ1v) is 3.37. The Morgan fingerprint density at radius 2 is 2.38 bits per heavy atom. The Morgan fingerprint density at radius 1 is 1.75 bits per heavy atom. The summed E-state index contributed by atoms with van der Waals surface area (Å²) in [6.07, 6.45) is 0.688. The minimum atomic E-state index is -2.12. The Morgan fingerprint density at radius 3 is 2.75 bits per heavy atom. The first-order valence-electron chi connectivity index (χ1n) is 2.30. The van der Waals surface area contributed by atoms with Gasteiger partial charge in [0.25, 0.3) is 0 Å². The van der Waals surface area contributed by atoms with Gasteiger partial charge in [-0.1, -0.05) is 0 Å². The maximum absolute atomic E-state index is 9.72. The molecular weight excluding hydrogens is 128 g/mol. The van der Waals surface area contributed by atoms with E-state index in [0.717, 1.165) is 0 Å². The Balaban J connectivity index is 2.82. The second-order valence-corrected chi connectivity index (χ2v) is 2.03. The molecule has 0 aliphatic carbocycles. The predicted octanol–water partition coefficient (Wildman–Crippen LogP) is -1.28. The summed E-state index contributed by atoms with van der Waals surface area (Å²) in [5.41, 5.74) is 5.07. The van der Waals surface area contributed by atoms with Gasteiger partial charge in [-0.25, -0.2) is 4.72 Å². The highest BCUT2D eigenvalue weighted by atomic mass is 32.2. The van der Waals surface area contributed by atoms with Crippen LogP contribution in [0.1, 0.15) is 6.42 Å². The van der Waals surface area contributed by atoms with Crippen molar-refractivity contribution < 1.29 is 8.76 Å². The molecule has 4 nitrogen and oxygen atoms in total. The average molecular weight is 137 g/mol. The van der Waals surface area contributed by atoms with Gasteiger partial charge < -0.3 is 10.3 Å². The van der Waals surface area contributed by atoms with Crippen LogP contribution in [0.3, 0.4) is 0 Å². The van der Waals surface area contributed by atoms with Crippen molar-refractivity contribution in [2.75, 3.05) is 13.1 Å². The van der Waals surface area contributed by atoms with Gasteiger partial charge in [-0.2, -0.15) is 0 Å². The first kappa shape index (κ1) is 8.03. The molecule has 0 saturated heterocycles. The number of rotatable bonds is 4. The standard InChI is InChI=1S/C3H10N2O2S/c4-2-1-3-5-8(6)7/h5H,1-4H2,(H,6,7)/p-1. The fraction of sp³-hybridized carbons (Fsp3) is 1.00. The van der Waals surface area contributed by atoms with E-state index in [1.54, 1.807) is 0 Å². The van der Waals surface area contributed by atoms with Crippen molar-refractivity contribution in [1.29, 1.82) is 0 Å². The number of hydrogen-bond acceptors (Lipinski definition) is 3. The molecule has 1 unspecified atom stereocenters. The molecule has 0 aromatic heterocycles. The van der Waals surface area contributed by atoms with Gasteiger partial charge in [-0.05, 0) is 13.0 Å². The third-order valence-electron chi connectivity index (χ3n) is 0.601. The molecule has 8 heavy (non-hydrogen) atoms. The van der Waals surface area contributed by atoms with E-state index in [4.69, 9.17) is 5.73 Å². The lowest BCUT2D eigenvalue weighted by Crippen LogP contribution is -2.19. The van der Waals surface area contributed by atoms with Gasteiger partial charge in [0.15, 0.2) is 0 Å². The number of nitrogens with one attached hydrogen (secondary N) is 1. The largest absolute Gasteiger partial charge is 0.760 e. The van der Waals surface area contributed by atoms with Gasteiger partial charge in [0.05, 0.1) is 0 Å². The predicted molar refractivity (Wildman–Crippen MR) is 30.6 cm³/mol. The van der Waals surface area contributed by atoms with Gasteiger partial charge in [0, 0.05) is 17.8 Å². The smallest absolute Gasteiger partial charge is 0.0181 e. The molecule has 1 atom stereocenters. The van der Waals surface area contributed by atoms with Crippen LogP contribution in [-0.2, 0) is 11.3 Å². The van der Waals surface area contributed by atoms with Crippen LogP contribution in [0.25, 0.3) is 0 Å². The number of nitrogens with two attached hydrogens (primary N) is 1. The minimum Gasteiger partial charge on any atom is -0.760 e. The van der Waals surface area contributed by atoms with E-state index in [0.29, 0.717) is 19.5 Å². The molecule has 0 heterocycles. The number of hydrogen-bond donors (Lipinski definition) is 2. The van der Waals surface area contributed by atoms with E-state index in [9.17, 15) is 8.76 Å². The fourth-order valence-electron chi connectivity index (χ4n) is 0.258. The molecule has 0 fully saturated rings. The summed E-state index contributed by atoms with van der Waals surface area (Å²) >= 11 is -2.12. The van der Waals surface area contributed by atoms with Crippen LogP contribution in [0.15, 0.2) is 0 Å². The lowest BCUT2D eigenvalue weighted by atomic mass is 10.4. The van der Waals surface area contributed by atoms with Crippen molar-refractivity contribution in [3.63, 3.8) is 0 Å². The monoisotopic (exact) mass is 137 g/mol. The highest BCUT2D eigenvalue weighted by Gasteiger charge is 1.80. The summed E-state index contributed by atoms with van der Waals surface area (Å²) in [6.45, 7) is 0.955. The van der Waals surface area contributed by atoms with Crippen molar-refractivity contribution >= 4 is 11.3 Å². The normalized spacial score (nSPS) is 13.8. The molecular formula is C3H9N2O2S-. The van der Waals surface area contributed by atoms with Crippen LogP contribution in [0.4, 0.5) is 0 Å². The Bertz CT molecular complexity index is 77.7. The highest BCUT2D eigenvalue weighted by molar-refractivity contribution is 7.77. The van der Waals surface area contributed by atoms with Crippen LogP contribution < -0.4 is 10.5 Å². The molecule has 0 saturated carbocycles.